The van der Waals surface area contributed by atoms with Crippen LogP contribution in [-0.2, 0) is 11.4 Å². The van der Waals surface area contributed by atoms with E-state index >= 15 is 0 Å². The van der Waals surface area contributed by atoms with Gasteiger partial charge in [0.25, 0.3) is 5.91 Å². The highest BCUT2D eigenvalue weighted by Crippen LogP contribution is 2.22. The van der Waals surface area contributed by atoms with Crippen molar-refractivity contribution in [3.63, 3.8) is 0 Å². The minimum absolute atomic E-state index is 0.0341. The predicted octanol–water partition coefficient (Wildman–Crippen LogP) is 4.46. The standard InChI is InChI=1S/C20H19BrN2O2/c1-14(2)23-20(24)17(12-22)11-16-5-3-4-6-19(16)25-13-15-7-9-18(21)10-8-15/h3-11,14H,13H2,1-2H3,(H,23,24)/b17-11-. The molecule has 0 aliphatic carbocycles. The summed E-state index contributed by atoms with van der Waals surface area (Å²) >= 11 is 3.40. The molecule has 0 bridgehead atoms. The Hall–Kier alpha value is -2.58. The van der Waals surface area contributed by atoms with Crippen molar-refractivity contribution in [2.24, 2.45) is 0 Å². The van der Waals surface area contributed by atoms with Crippen molar-refractivity contribution in [3.05, 3.63) is 69.7 Å². The van der Waals surface area contributed by atoms with Crippen molar-refractivity contribution in [1.29, 1.82) is 5.26 Å². The lowest BCUT2D eigenvalue weighted by atomic mass is 10.1. The smallest absolute Gasteiger partial charge is 0.262 e. The maximum Gasteiger partial charge on any atom is 0.262 e. The molecule has 4 nitrogen and oxygen atoms in total. The molecule has 0 radical (unpaired) electrons. The van der Waals surface area contributed by atoms with E-state index in [1.165, 1.54) is 0 Å². The minimum atomic E-state index is -0.389. The first-order valence-electron chi connectivity index (χ1n) is 7.88. The van der Waals surface area contributed by atoms with E-state index in [-0.39, 0.29) is 17.5 Å². The maximum atomic E-state index is 12.1. The summed E-state index contributed by atoms with van der Waals surface area (Å²) in [4.78, 5) is 12.1. The summed E-state index contributed by atoms with van der Waals surface area (Å²) in [6.45, 7) is 4.10. The van der Waals surface area contributed by atoms with Crippen molar-refractivity contribution >= 4 is 27.9 Å². The van der Waals surface area contributed by atoms with Gasteiger partial charge in [0.15, 0.2) is 0 Å². The van der Waals surface area contributed by atoms with Crippen molar-refractivity contribution in [3.8, 4) is 11.8 Å². The fraction of sp³-hybridized carbons (Fsp3) is 0.200. The van der Waals surface area contributed by atoms with E-state index in [1.54, 1.807) is 6.08 Å². The van der Waals surface area contributed by atoms with Gasteiger partial charge in [0.2, 0.25) is 0 Å². The lowest BCUT2D eigenvalue weighted by Crippen LogP contribution is -2.30. The van der Waals surface area contributed by atoms with Crippen LogP contribution in [0.15, 0.2) is 58.6 Å². The fourth-order valence-electron chi connectivity index (χ4n) is 2.12. The van der Waals surface area contributed by atoms with Crippen molar-refractivity contribution < 1.29 is 9.53 Å². The van der Waals surface area contributed by atoms with Gasteiger partial charge in [-0.25, -0.2) is 0 Å². The molecule has 2 aromatic carbocycles. The molecule has 5 heteroatoms. The molecule has 0 saturated carbocycles. The quantitative estimate of drug-likeness (QED) is 0.576. The third-order valence-electron chi connectivity index (χ3n) is 3.31. The van der Waals surface area contributed by atoms with Crippen LogP contribution in [0.3, 0.4) is 0 Å². The number of benzene rings is 2. The Bertz CT molecular complexity index is 805. The normalized spacial score (nSPS) is 11.1. The highest BCUT2D eigenvalue weighted by atomic mass is 79.9. The summed E-state index contributed by atoms with van der Waals surface area (Å²) < 4.78 is 6.88. The number of nitriles is 1. The topological polar surface area (TPSA) is 62.1 Å². The molecule has 0 fully saturated rings. The number of hydrogen-bond acceptors (Lipinski definition) is 3. The van der Waals surface area contributed by atoms with Crippen molar-refractivity contribution in [1.82, 2.24) is 5.32 Å². The molecule has 2 aromatic rings. The van der Waals surface area contributed by atoms with Gasteiger partial charge in [-0.15, -0.1) is 0 Å². The van der Waals surface area contributed by atoms with E-state index in [0.717, 1.165) is 10.0 Å². The second-order valence-electron chi connectivity index (χ2n) is 5.75. The van der Waals surface area contributed by atoms with Crippen molar-refractivity contribution in [2.45, 2.75) is 26.5 Å². The van der Waals surface area contributed by atoms with Gasteiger partial charge in [-0.05, 0) is 43.7 Å². The molecular formula is C20H19BrN2O2. The number of carbonyl (C=O) groups is 1. The zero-order valence-electron chi connectivity index (χ0n) is 14.1. The number of nitrogens with one attached hydrogen (secondary N) is 1. The van der Waals surface area contributed by atoms with Crippen LogP contribution in [0.25, 0.3) is 6.08 Å². The molecule has 0 heterocycles. The fourth-order valence-corrected chi connectivity index (χ4v) is 2.38. The van der Waals surface area contributed by atoms with Crippen LogP contribution in [0.4, 0.5) is 0 Å². The number of hydrogen-bond donors (Lipinski definition) is 1. The van der Waals surface area contributed by atoms with E-state index in [1.807, 2.05) is 68.4 Å². The van der Waals surface area contributed by atoms with Gasteiger partial charge in [0.1, 0.15) is 24.0 Å². The third-order valence-corrected chi connectivity index (χ3v) is 3.84. The maximum absolute atomic E-state index is 12.1. The molecule has 0 atom stereocenters. The molecule has 0 aliphatic heterocycles. The molecule has 0 spiro atoms. The average Bonchev–Trinajstić information content (AvgIpc) is 2.59. The number of para-hydroxylation sites is 1. The van der Waals surface area contributed by atoms with E-state index in [0.29, 0.717) is 17.9 Å². The number of nitrogens with zero attached hydrogens (tertiary/aromatic N) is 1. The van der Waals surface area contributed by atoms with E-state index in [9.17, 15) is 10.1 Å². The van der Waals surface area contributed by atoms with Gasteiger partial charge in [-0.2, -0.15) is 5.26 Å². The Morgan fingerprint density at radius 3 is 2.56 bits per heavy atom. The first kappa shape index (κ1) is 18.8. The number of ether oxygens (including phenoxy) is 1. The second-order valence-corrected chi connectivity index (χ2v) is 6.67. The molecule has 0 aromatic heterocycles. The summed E-state index contributed by atoms with van der Waals surface area (Å²) in [6.07, 6.45) is 1.55. The Morgan fingerprint density at radius 2 is 1.92 bits per heavy atom. The summed E-state index contributed by atoms with van der Waals surface area (Å²) in [7, 11) is 0. The second kappa shape index (κ2) is 9.05. The monoisotopic (exact) mass is 398 g/mol. The number of amides is 1. The Kier molecular flexibility index (Phi) is 6.79. The first-order chi connectivity index (χ1) is 12.0. The molecule has 2 rings (SSSR count). The molecule has 1 amide bonds. The first-order valence-corrected chi connectivity index (χ1v) is 8.68. The van der Waals surface area contributed by atoms with Crippen molar-refractivity contribution in [2.75, 3.05) is 0 Å². The zero-order chi connectivity index (χ0) is 18.2. The third kappa shape index (κ3) is 5.77. The highest BCUT2D eigenvalue weighted by Gasteiger charge is 2.11. The van der Waals surface area contributed by atoms with Crippen LogP contribution in [0, 0.1) is 11.3 Å². The summed E-state index contributed by atoms with van der Waals surface area (Å²) in [5, 5.41) is 12.0. The highest BCUT2D eigenvalue weighted by molar-refractivity contribution is 9.10. The Labute approximate surface area is 156 Å². The van der Waals surface area contributed by atoms with E-state index < -0.39 is 0 Å². The SMILES string of the molecule is CC(C)NC(=O)/C(C#N)=C\c1ccccc1OCc1ccc(Br)cc1. The molecule has 0 unspecified atom stereocenters. The van der Waals surface area contributed by atoms with Gasteiger partial charge in [0.05, 0.1) is 0 Å². The number of rotatable bonds is 6. The van der Waals surface area contributed by atoms with Crippen LogP contribution in [0.2, 0.25) is 0 Å². The van der Waals surface area contributed by atoms with Crippen LogP contribution in [0.1, 0.15) is 25.0 Å². The summed E-state index contributed by atoms with van der Waals surface area (Å²) in [5.74, 6) is 0.232. The van der Waals surface area contributed by atoms with E-state index in [2.05, 4.69) is 21.2 Å². The zero-order valence-corrected chi connectivity index (χ0v) is 15.7. The van der Waals surface area contributed by atoms with Crippen LogP contribution < -0.4 is 10.1 Å². The van der Waals surface area contributed by atoms with Crippen LogP contribution in [0.5, 0.6) is 5.75 Å². The van der Waals surface area contributed by atoms with Gasteiger partial charge >= 0.3 is 0 Å². The van der Waals surface area contributed by atoms with Crippen LogP contribution in [-0.4, -0.2) is 11.9 Å². The molecule has 128 valence electrons. The summed E-state index contributed by atoms with van der Waals surface area (Å²) in [6, 6.07) is 17.1. The van der Waals surface area contributed by atoms with Gasteiger partial charge in [0, 0.05) is 16.1 Å². The summed E-state index contributed by atoms with van der Waals surface area (Å²) in [5.41, 5.74) is 1.77. The van der Waals surface area contributed by atoms with Crippen LogP contribution >= 0.6 is 15.9 Å². The lowest BCUT2D eigenvalue weighted by Gasteiger charge is -2.11. The predicted molar refractivity (Wildman–Crippen MR) is 102 cm³/mol. The Morgan fingerprint density at radius 1 is 1.24 bits per heavy atom. The molecule has 1 N–H and O–H groups in total. The largest absolute Gasteiger partial charge is 0.488 e. The number of carbonyl (C=O) groups excluding carboxylic acids is 1. The van der Waals surface area contributed by atoms with E-state index in [4.69, 9.17) is 4.74 Å². The lowest BCUT2D eigenvalue weighted by molar-refractivity contribution is -0.117. The number of halogens is 1. The molecule has 0 aliphatic rings. The molecule has 25 heavy (non-hydrogen) atoms. The van der Waals surface area contributed by atoms with Gasteiger partial charge in [-0.3, -0.25) is 4.79 Å². The minimum Gasteiger partial charge on any atom is -0.488 e. The molecule has 0 saturated heterocycles. The van der Waals surface area contributed by atoms with Gasteiger partial charge < -0.3 is 10.1 Å². The Balaban J connectivity index is 2.19. The molecular weight excluding hydrogens is 380 g/mol. The van der Waals surface area contributed by atoms with Gasteiger partial charge in [-0.1, -0.05) is 46.3 Å². The average molecular weight is 399 g/mol.